The monoisotopic (exact) mass is 310 g/mol. The fraction of sp³-hybridized carbons (Fsp3) is 0.200. The third-order valence-corrected chi connectivity index (χ3v) is 2.88. The van der Waals surface area contributed by atoms with Crippen LogP contribution in [0.5, 0.6) is 0 Å². The van der Waals surface area contributed by atoms with Crippen LogP contribution in [0.1, 0.15) is 12.0 Å². The van der Waals surface area contributed by atoms with E-state index in [2.05, 4.69) is 27.8 Å². The molecule has 0 fully saturated rings. The van der Waals surface area contributed by atoms with E-state index >= 15 is 0 Å². The van der Waals surface area contributed by atoms with Gasteiger partial charge in [0.2, 0.25) is 0 Å². The van der Waals surface area contributed by atoms with Crippen molar-refractivity contribution in [2.75, 3.05) is 5.33 Å². The smallest absolute Gasteiger partial charge is 0.0608 e. The Morgan fingerprint density at radius 1 is 1.07 bits per heavy atom. The second kappa shape index (κ2) is 5.88. The second-order valence-electron chi connectivity index (χ2n) is 2.49. The number of rotatable bonds is 1. The highest BCUT2D eigenvalue weighted by Gasteiger charge is 2.03. The fourth-order valence-electron chi connectivity index (χ4n) is 0.823. The van der Waals surface area contributed by atoms with Gasteiger partial charge in [0, 0.05) is 17.3 Å². The van der Waals surface area contributed by atoms with Gasteiger partial charge in [0.25, 0.3) is 0 Å². The average Bonchev–Trinajstić information content (AvgIpc) is 2.14. The molecule has 0 saturated heterocycles. The first kappa shape index (κ1) is 12.2. The largest absolute Gasteiger partial charge is 0.0970 e. The van der Waals surface area contributed by atoms with E-state index in [1.807, 2.05) is 0 Å². The summed E-state index contributed by atoms with van der Waals surface area (Å²) >= 11 is 20.8. The Kier molecular flexibility index (Phi) is 5.12. The number of hydrogen-bond donors (Lipinski definition) is 0. The molecule has 1 aromatic rings. The minimum absolute atomic E-state index is 0.447. The van der Waals surface area contributed by atoms with Gasteiger partial charge in [0.15, 0.2) is 0 Å². The van der Waals surface area contributed by atoms with Gasteiger partial charge in [-0.05, 0) is 12.1 Å². The Morgan fingerprint density at radius 2 is 1.71 bits per heavy atom. The van der Waals surface area contributed by atoms with Crippen LogP contribution >= 0.6 is 50.7 Å². The SMILES string of the molecule is Clc1cc(Cl)c(C#CCCBr)cc1Cl. The molecule has 74 valence electrons. The van der Waals surface area contributed by atoms with Crippen LogP contribution < -0.4 is 0 Å². The summed E-state index contributed by atoms with van der Waals surface area (Å²) in [6, 6.07) is 3.27. The minimum atomic E-state index is 0.447. The van der Waals surface area contributed by atoms with E-state index in [-0.39, 0.29) is 0 Å². The van der Waals surface area contributed by atoms with Gasteiger partial charge >= 0.3 is 0 Å². The highest BCUT2D eigenvalue weighted by Crippen LogP contribution is 2.28. The molecule has 0 unspecified atom stereocenters. The van der Waals surface area contributed by atoms with Gasteiger partial charge in [-0.2, -0.15) is 0 Å². The molecule has 0 bridgehead atoms. The van der Waals surface area contributed by atoms with E-state index in [0.29, 0.717) is 20.6 Å². The van der Waals surface area contributed by atoms with Gasteiger partial charge in [-0.25, -0.2) is 0 Å². The topological polar surface area (TPSA) is 0 Å². The minimum Gasteiger partial charge on any atom is -0.0970 e. The van der Waals surface area contributed by atoms with Crippen LogP contribution in [0, 0.1) is 11.8 Å². The van der Waals surface area contributed by atoms with Crippen molar-refractivity contribution in [2.24, 2.45) is 0 Å². The van der Waals surface area contributed by atoms with E-state index in [1.54, 1.807) is 12.1 Å². The second-order valence-corrected chi connectivity index (χ2v) is 4.50. The van der Waals surface area contributed by atoms with E-state index < -0.39 is 0 Å². The number of alkyl halides is 1. The Labute approximate surface area is 107 Å². The molecule has 4 heteroatoms. The summed E-state index contributed by atoms with van der Waals surface area (Å²) < 4.78 is 0. The molecule has 0 radical (unpaired) electrons. The molecule has 0 atom stereocenters. The maximum atomic E-state index is 5.92. The number of halogens is 4. The molecule has 0 amide bonds. The number of hydrogen-bond acceptors (Lipinski definition) is 0. The predicted octanol–water partition coefficient (Wildman–Crippen LogP) is 4.78. The molecular formula is C10H6BrCl3. The fourth-order valence-corrected chi connectivity index (χ4v) is 1.62. The van der Waals surface area contributed by atoms with Gasteiger partial charge in [0.05, 0.1) is 15.1 Å². The lowest BCUT2D eigenvalue weighted by Crippen LogP contribution is -1.79. The third kappa shape index (κ3) is 3.37. The molecule has 0 aliphatic rings. The lowest BCUT2D eigenvalue weighted by Gasteiger charge is -1.99. The van der Waals surface area contributed by atoms with Crippen LogP contribution in [0.4, 0.5) is 0 Å². The predicted molar refractivity (Wildman–Crippen MR) is 66.8 cm³/mol. The summed E-state index contributed by atoms with van der Waals surface area (Å²) in [6.45, 7) is 0. The molecule has 0 N–H and O–H groups in total. The summed E-state index contributed by atoms with van der Waals surface area (Å²) in [4.78, 5) is 0. The number of benzene rings is 1. The van der Waals surface area contributed by atoms with Crippen molar-refractivity contribution in [2.45, 2.75) is 6.42 Å². The van der Waals surface area contributed by atoms with Gasteiger partial charge in [-0.15, -0.1) is 0 Å². The average molecular weight is 312 g/mol. The van der Waals surface area contributed by atoms with Crippen molar-refractivity contribution < 1.29 is 0 Å². The molecule has 1 rings (SSSR count). The molecule has 0 spiro atoms. The third-order valence-electron chi connectivity index (χ3n) is 1.45. The van der Waals surface area contributed by atoms with Crippen LogP contribution in [0.3, 0.4) is 0 Å². The Bertz CT molecular complexity index is 390. The van der Waals surface area contributed by atoms with Gasteiger partial charge in [0.1, 0.15) is 0 Å². The summed E-state index contributed by atoms with van der Waals surface area (Å²) in [6.07, 6.45) is 0.774. The van der Waals surface area contributed by atoms with Crippen LogP contribution in [0.25, 0.3) is 0 Å². The lowest BCUT2D eigenvalue weighted by molar-refractivity contribution is 1.32. The Morgan fingerprint density at radius 3 is 2.36 bits per heavy atom. The first-order valence-corrected chi connectivity index (χ1v) is 6.10. The maximum Gasteiger partial charge on any atom is 0.0608 e. The standard InChI is InChI=1S/C10H6BrCl3/c11-4-2-1-3-7-5-9(13)10(14)6-8(7)12/h5-6H,2,4H2. The zero-order chi connectivity index (χ0) is 10.6. The Hall–Kier alpha value is 0.130. The highest BCUT2D eigenvalue weighted by atomic mass is 79.9. The normalized spacial score (nSPS) is 9.43. The van der Waals surface area contributed by atoms with Crippen molar-refractivity contribution in [1.29, 1.82) is 0 Å². The molecule has 0 saturated carbocycles. The summed E-state index contributed by atoms with van der Waals surface area (Å²) in [5, 5.41) is 2.29. The van der Waals surface area contributed by atoms with Crippen molar-refractivity contribution >= 4 is 50.7 Å². The van der Waals surface area contributed by atoms with Crippen molar-refractivity contribution in [3.63, 3.8) is 0 Å². The lowest BCUT2D eigenvalue weighted by atomic mass is 10.2. The van der Waals surface area contributed by atoms with Crippen molar-refractivity contribution in [3.8, 4) is 11.8 Å². The van der Waals surface area contributed by atoms with E-state index in [1.165, 1.54) is 0 Å². The van der Waals surface area contributed by atoms with E-state index in [0.717, 1.165) is 11.8 Å². The summed E-state index contributed by atoms with van der Waals surface area (Å²) in [5.74, 6) is 5.88. The van der Waals surface area contributed by atoms with Crippen molar-refractivity contribution in [1.82, 2.24) is 0 Å². The molecular weight excluding hydrogens is 306 g/mol. The Balaban J connectivity index is 3.00. The molecule has 0 nitrogen and oxygen atoms in total. The van der Waals surface area contributed by atoms with Crippen LogP contribution in [0.15, 0.2) is 12.1 Å². The van der Waals surface area contributed by atoms with Crippen LogP contribution in [-0.4, -0.2) is 5.33 Å². The molecule has 0 aliphatic carbocycles. The molecule has 0 aromatic heterocycles. The highest BCUT2D eigenvalue weighted by molar-refractivity contribution is 9.09. The van der Waals surface area contributed by atoms with Gasteiger partial charge in [-0.1, -0.05) is 62.6 Å². The molecule has 0 heterocycles. The van der Waals surface area contributed by atoms with Gasteiger partial charge in [-0.3, -0.25) is 0 Å². The van der Waals surface area contributed by atoms with Crippen molar-refractivity contribution in [3.05, 3.63) is 32.8 Å². The van der Waals surface area contributed by atoms with E-state index in [9.17, 15) is 0 Å². The first-order valence-electron chi connectivity index (χ1n) is 3.84. The first-order chi connectivity index (χ1) is 6.65. The van der Waals surface area contributed by atoms with Crippen LogP contribution in [0.2, 0.25) is 15.1 Å². The van der Waals surface area contributed by atoms with E-state index in [4.69, 9.17) is 34.8 Å². The molecule has 14 heavy (non-hydrogen) atoms. The zero-order valence-electron chi connectivity index (χ0n) is 7.08. The molecule has 0 aliphatic heterocycles. The van der Waals surface area contributed by atoms with Gasteiger partial charge < -0.3 is 0 Å². The zero-order valence-corrected chi connectivity index (χ0v) is 10.9. The summed E-state index contributed by atoms with van der Waals surface area (Å²) in [5.41, 5.74) is 0.710. The quantitative estimate of drug-likeness (QED) is 0.397. The maximum absolute atomic E-state index is 5.92. The molecule has 1 aromatic carbocycles. The summed E-state index contributed by atoms with van der Waals surface area (Å²) in [7, 11) is 0. The van der Waals surface area contributed by atoms with Crippen LogP contribution in [-0.2, 0) is 0 Å².